The van der Waals surface area contributed by atoms with Gasteiger partial charge in [-0.25, -0.2) is 8.42 Å². The smallest absolute Gasteiger partial charge is 0.264 e. The van der Waals surface area contributed by atoms with E-state index in [0.29, 0.717) is 11.4 Å². The molecular formula is C38H45N3O6S. The Hall–Kier alpha value is -4.83. The summed E-state index contributed by atoms with van der Waals surface area (Å²) in [5, 5.41) is 2.99. The predicted octanol–water partition coefficient (Wildman–Crippen LogP) is 5.99. The SMILES string of the molecule is COc1ccc(S(=O)(=O)N(CC(=O)N(Cc2ccccc2C)[C@@H](Cc2ccccc2)C(=O)NC(C)C)c2cc(C)cc(C)c2)cc1OC. The number of methoxy groups -OCH3 is 2. The minimum atomic E-state index is -4.33. The highest BCUT2D eigenvalue weighted by atomic mass is 32.2. The molecule has 4 aromatic rings. The van der Waals surface area contributed by atoms with Gasteiger partial charge in [0.15, 0.2) is 11.5 Å². The van der Waals surface area contributed by atoms with Gasteiger partial charge in [-0.15, -0.1) is 0 Å². The fourth-order valence-corrected chi connectivity index (χ4v) is 7.05. The lowest BCUT2D eigenvalue weighted by Crippen LogP contribution is -2.54. The number of rotatable bonds is 14. The number of nitrogens with zero attached hydrogens (tertiary/aromatic N) is 2. The van der Waals surface area contributed by atoms with Crippen LogP contribution in [0.5, 0.6) is 11.5 Å². The first-order valence-electron chi connectivity index (χ1n) is 15.8. The van der Waals surface area contributed by atoms with Crippen LogP contribution in [0.1, 0.15) is 41.7 Å². The monoisotopic (exact) mass is 671 g/mol. The highest BCUT2D eigenvalue weighted by molar-refractivity contribution is 7.92. The number of nitrogens with one attached hydrogen (secondary N) is 1. The van der Waals surface area contributed by atoms with E-state index in [1.165, 1.54) is 37.3 Å². The molecule has 0 radical (unpaired) electrons. The van der Waals surface area contributed by atoms with Crippen LogP contribution in [0.4, 0.5) is 5.69 Å². The Balaban J connectivity index is 1.86. The van der Waals surface area contributed by atoms with E-state index >= 15 is 0 Å². The lowest BCUT2D eigenvalue weighted by Gasteiger charge is -2.34. The molecule has 0 aromatic heterocycles. The molecule has 0 unspecified atom stereocenters. The Kier molecular flexibility index (Phi) is 11.9. The van der Waals surface area contributed by atoms with Crippen molar-refractivity contribution in [2.24, 2.45) is 0 Å². The first-order chi connectivity index (χ1) is 22.8. The van der Waals surface area contributed by atoms with E-state index in [1.807, 2.05) is 95.3 Å². The summed E-state index contributed by atoms with van der Waals surface area (Å²) in [4.78, 5) is 30.1. The lowest BCUT2D eigenvalue weighted by atomic mass is 10.0. The van der Waals surface area contributed by atoms with Gasteiger partial charge in [-0.1, -0.05) is 60.7 Å². The van der Waals surface area contributed by atoms with E-state index in [4.69, 9.17) is 9.47 Å². The van der Waals surface area contributed by atoms with E-state index in [0.717, 1.165) is 32.1 Å². The molecule has 0 saturated heterocycles. The Bertz CT molecular complexity index is 1820. The molecule has 9 nitrogen and oxygen atoms in total. The number of aryl methyl sites for hydroxylation is 3. The first kappa shape index (κ1) is 36.0. The summed E-state index contributed by atoms with van der Waals surface area (Å²) < 4.78 is 40.9. The summed E-state index contributed by atoms with van der Waals surface area (Å²) in [6.45, 7) is 8.97. The fourth-order valence-electron chi connectivity index (χ4n) is 5.63. The third-order valence-corrected chi connectivity index (χ3v) is 9.79. The molecule has 2 amide bonds. The third-order valence-electron chi connectivity index (χ3n) is 8.02. The third kappa shape index (κ3) is 8.74. The Morgan fingerprint density at radius 1 is 0.792 bits per heavy atom. The number of anilines is 1. The molecule has 0 saturated carbocycles. The van der Waals surface area contributed by atoms with Crippen molar-refractivity contribution < 1.29 is 27.5 Å². The molecule has 1 atom stereocenters. The zero-order chi connectivity index (χ0) is 35.0. The van der Waals surface area contributed by atoms with Gasteiger partial charge in [0.05, 0.1) is 24.8 Å². The van der Waals surface area contributed by atoms with Gasteiger partial charge in [-0.05, 0) is 86.7 Å². The molecule has 0 bridgehead atoms. The van der Waals surface area contributed by atoms with Gasteiger partial charge in [-0.3, -0.25) is 13.9 Å². The molecule has 0 spiro atoms. The standard InChI is InChI=1S/C38H45N3O6S/c1-26(2)39-38(43)34(22-30-14-9-8-10-15-30)40(24-31-16-12-11-13-29(31)5)37(42)25-41(32-20-27(3)19-28(4)21-32)48(44,45)33-17-18-35(46-6)36(23-33)47-7/h8-21,23,26,34H,22,24-25H2,1-7H3,(H,39,43)/t34-/m0/s1. The molecule has 1 N–H and O–H groups in total. The molecule has 4 aromatic carbocycles. The Morgan fingerprint density at radius 2 is 1.42 bits per heavy atom. The van der Waals surface area contributed by atoms with Gasteiger partial charge in [0.1, 0.15) is 12.6 Å². The van der Waals surface area contributed by atoms with E-state index in [-0.39, 0.29) is 35.6 Å². The van der Waals surface area contributed by atoms with Gasteiger partial charge < -0.3 is 19.7 Å². The zero-order valence-electron chi connectivity index (χ0n) is 28.7. The van der Waals surface area contributed by atoms with Crippen LogP contribution in [0, 0.1) is 20.8 Å². The summed E-state index contributed by atoms with van der Waals surface area (Å²) in [7, 11) is -1.43. The van der Waals surface area contributed by atoms with Crippen molar-refractivity contribution >= 4 is 27.5 Å². The second-order valence-electron chi connectivity index (χ2n) is 12.2. The first-order valence-corrected chi connectivity index (χ1v) is 17.3. The quantitative estimate of drug-likeness (QED) is 0.177. The fraction of sp³-hybridized carbons (Fsp3) is 0.316. The molecule has 0 aliphatic carbocycles. The van der Waals surface area contributed by atoms with Crippen molar-refractivity contribution in [2.75, 3.05) is 25.1 Å². The molecule has 254 valence electrons. The summed E-state index contributed by atoms with van der Waals surface area (Å²) >= 11 is 0. The van der Waals surface area contributed by atoms with Crippen molar-refractivity contribution in [3.63, 3.8) is 0 Å². The highest BCUT2D eigenvalue weighted by Crippen LogP contribution is 2.33. The number of amides is 2. The van der Waals surface area contributed by atoms with E-state index in [9.17, 15) is 18.0 Å². The number of carbonyl (C=O) groups excluding carboxylic acids is 2. The molecule has 4 rings (SSSR count). The number of carbonyl (C=O) groups is 2. The number of ether oxygens (including phenoxy) is 2. The highest BCUT2D eigenvalue weighted by Gasteiger charge is 2.35. The van der Waals surface area contributed by atoms with Crippen molar-refractivity contribution in [3.05, 3.63) is 119 Å². The maximum Gasteiger partial charge on any atom is 0.264 e. The Labute approximate surface area is 284 Å². The molecule has 0 heterocycles. The lowest BCUT2D eigenvalue weighted by molar-refractivity contribution is -0.140. The summed E-state index contributed by atoms with van der Waals surface area (Å²) in [6, 6.07) is 25.8. The maximum absolute atomic E-state index is 14.7. The second kappa shape index (κ2) is 15.8. The maximum atomic E-state index is 14.7. The van der Waals surface area contributed by atoms with Crippen molar-refractivity contribution in [2.45, 2.75) is 64.6 Å². The van der Waals surface area contributed by atoms with Crippen LogP contribution in [0.25, 0.3) is 0 Å². The number of benzene rings is 4. The summed E-state index contributed by atoms with van der Waals surface area (Å²) in [5.74, 6) is -0.243. The number of sulfonamides is 1. The van der Waals surface area contributed by atoms with Gasteiger partial charge >= 0.3 is 0 Å². The molecule has 0 aliphatic rings. The minimum absolute atomic E-state index is 0.0732. The minimum Gasteiger partial charge on any atom is -0.493 e. The van der Waals surface area contributed by atoms with Crippen LogP contribution in [-0.2, 0) is 32.6 Å². The molecular weight excluding hydrogens is 627 g/mol. The molecule has 0 aliphatic heterocycles. The van der Waals surface area contributed by atoms with E-state index in [1.54, 1.807) is 12.1 Å². The molecule has 10 heteroatoms. The largest absolute Gasteiger partial charge is 0.493 e. The Morgan fingerprint density at radius 3 is 2.02 bits per heavy atom. The summed E-state index contributed by atoms with van der Waals surface area (Å²) in [6.07, 6.45) is 0.239. The topological polar surface area (TPSA) is 105 Å². The molecule has 0 fully saturated rings. The van der Waals surface area contributed by atoms with Crippen LogP contribution >= 0.6 is 0 Å². The average molecular weight is 672 g/mol. The van der Waals surface area contributed by atoms with Crippen LogP contribution in [0.3, 0.4) is 0 Å². The number of hydrogen-bond acceptors (Lipinski definition) is 6. The van der Waals surface area contributed by atoms with Gasteiger partial charge in [0, 0.05) is 25.1 Å². The van der Waals surface area contributed by atoms with Gasteiger partial charge in [0.2, 0.25) is 11.8 Å². The van der Waals surface area contributed by atoms with Crippen molar-refractivity contribution in [1.82, 2.24) is 10.2 Å². The van der Waals surface area contributed by atoms with Crippen LogP contribution in [0.2, 0.25) is 0 Å². The van der Waals surface area contributed by atoms with E-state index in [2.05, 4.69) is 5.32 Å². The summed E-state index contributed by atoms with van der Waals surface area (Å²) in [5.41, 5.74) is 4.66. The zero-order valence-corrected chi connectivity index (χ0v) is 29.5. The van der Waals surface area contributed by atoms with E-state index < -0.39 is 28.5 Å². The number of hydrogen-bond donors (Lipinski definition) is 1. The second-order valence-corrected chi connectivity index (χ2v) is 14.1. The van der Waals surface area contributed by atoms with Crippen LogP contribution in [0.15, 0.2) is 95.9 Å². The normalized spacial score (nSPS) is 11.9. The van der Waals surface area contributed by atoms with Crippen molar-refractivity contribution in [1.29, 1.82) is 0 Å². The van der Waals surface area contributed by atoms with Gasteiger partial charge in [0.25, 0.3) is 10.0 Å². The predicted molar refractivity (Wildman–Crippen MR) is 189 cm³/mol. The van der Waals surface area contributed by atoms with Crippen molar-refractivity contribution in [3.8, 4) is 11.5 Å². The van der Waals surface area contributed by atoms with Gasteiger partial charge in [-0.2, -0.15) is 0 Å². The average Bonchev–Trinajstić information content (AvgIpc) is 3.05. The van der Waals surface area contributed by atoms with Crippen LogP contribution in [-0.4, -0.2) is 58.0 Å². The molecule has 48 heavy (non-hydrogen) atoms. The van der Waals surface area contributed by atoms with Crippen LogP contribution < -0.4 is 19.1 Å².